The highest BCUT2D eigenvalue weighted by Gasteiger charge is 2.04. The van der Waals surface area contributed by atoms with Gasteiger partial charge in [-0.3, -0.25) is 4.79 Å². The molecule has 2 aromatic rings. The van der Waals surface area contributed by atoms with Crippen molar-refractivity contribution in [1.82, 2.24) is 0 Å². The lowest BCUT2D eigenvalue weighted by Crippen LogP contribution is -2.15. The molecule has 0 fully saturated rings. The van der Waals surface area contributed by atoms with E-state index in [1.807, 2.05) is 55.5 Å². The summed E-state index contributed by atoms with van der Waals surface area (Å²) in [6.07, 6.45) is 0. The second-order valence-corrected chi connectivity index (χ2v) is 6.74. The van der Waals surface area contributed by atoms with Crippen molar-refractivity contribution in [3.63, 3.8) is 0 Å². The van der Waals surface area contributed by atoms with Gasteiger partial charge in [0.25, 0.3) is 0 Å². The number of para-hydroxylation sites is 1. The fraction of sp³-hybridized carbons (Fsp3) is 0.235. The Morgan fingerprint density at radius 1 is 1.23 bits per heavy atom. The normalized spacial score (nSPS) is 10.3. The Balaban J connectivity index is 1.64. The number of carbonyl (C=O) groups excluding carboxylic acids is 1. The molecule has 0 bridgehead atoms. The van der Waals surface area contributed by atoms with E-state index < -0.39 is 0 Å². The van der Waals surface area contributed by atoms with Crippen LogP contribution in [-0.2, 0) is 4.79 Å². The number of hydrogen-bond acceptors (Lipinski definition) is 3. The van der Waals surface area contributed by atoms with E-state index >= 15 is 0 Å². The number of halogens is 1. The summed E-state index contributed by atoms with van der Waals surface area (Å²) in [5.41, 5.74) is 1.94. The van der Waals surface area contributed by atoms with Gasteiger partial charge in [-0.15, -0.1) is 11.8 Å². The van der Waals surface area contributed by atoms with Crippen molar-refractivity contribution in [3.8, 4) is 5.75 Å². The summed E-state index contributed by atoms with van der Waals surface area (Å²) in [4.78, 5) is 11.9. The molecule has 0 atom stereocenters. The van der Waals surface area contributed by atoms with Gasteiger partial charge >= 0.3 is 0 Å². The second kappa shape index (κ2) is 8.86. The number of amides is 1. The smallest absolute Gasteiger partial charge is 0.234 e. The van der Waals surface area contributed by atoms with E-state index in [2.05, 4.69) is 21.2 Å². The van der Waals surface area contributed by atoms with Gasteiger partial charge in [0.05, 0.1) is 12.4 Å². The molecule has 0 aliphatic carbocycles. The first-order chi connectivity index (χ1) is 10.6. The minimum Gasteiger partial charge on any atom is -0.493 e. The number of thioether (sulfide) groups is 1. The molecule has 2 rings (SSSR count). The van der Waals surface area contributed by atoms with Gasteiger partial charge in [0, 0.05) is 15.9 Å². The van der Waals surface area contributed by atoms with Crippen LogP contribution >= 0.6 is 27.7 Å². The summed E-state index contributed by atoms with van der Waals surface area (Å²) in [5.74, 6) is 2.05. The van der Waals surface area contributed by atoms with Crippen LogP contribution in [0.3, 0.4) is 0 Å². The fourth-order valence-electron chi connectivity index (χ4n) is 1.84. The van der Waals surface area contributed by atoms with Crippen LogP contribution in [0.15, 0.2) is 53.0 Å². The Hall–Kier alpha value is -1.46. The lowest BCUT2D eigenvalue weighted by atomic mass is 10.2. The highest BCUT2D eigenvalue weighted by Crippen LogP contribution is 2.18. The molecule has 0 spiro atoms. The molecule has 22 heavy (non-hydrogen) atoms. The molecule has 1 amide bonds. The van der Waals surface area contributed by atoms with Crippen molar-refractivity contribution in [2.75, 3.05) is 23.4 Å². The summed E-state index contributed by atoms with van der Waals surface area (Å²) in [5, 5.41) is 2.92. The molecule has 116 valence electrons. The third-order valence-electron chi connectivity index (χ3n) is 2.94. The molecular weight excluding hydrogens is 362 g/mol. The van der Waals surface area contributed by atoms with E-state index in [-0.39, 0.29) is 5.91 Å². The molecule has 2 aromatic carbocycles. The Morgan fingerprint density at radius 2 is 2.05 bits per heavy atom. The van der Waals surface area contributed by atoms with Crippen LogP contribution in [0.1, 0.15) is 5.56 Å². The Kier molecular flexibility index (Phi) is 6.80. The fourth-order valence-corrected chi connectivity index (χ4v) is 2.82. The van der Waals surface area contributed by atoms with Gasteiger partial charge in [0.1, 0.15) is 5.75 Å². The van der Waals surface area contributed by atoms with Gasteiger partial charge in [-0.2, -0.15) is 0 Å². The molecule has 0 saturated carbocycles. The van der Waals surface area contributed by atoms with Crippen molar-refractivity contribution in [2.24, 2.45) is 0 Å². The average molecular weight is 380 g/mol. The van der Waals surface area contributed by atoms with E-state index in [0.29, 0.717) is 12.4 Å². The van der Waals surface area contributed by atoms with Gasteiger partial charge < -0.3 is 10.1 Å². The van der Waals surface area contributed by atoms with Crippen LogP contribution in [0.2, 0.25) is 0 Å². The molecule has 0 saturated heterocycles. The molecule has 1 N–H and O–H groups in total. The van der Waals surface area contributed by atoms with E-state index in [0.717, 1.165) is 27.2 Å². The van der Waals surface area contributed by atoms with Gasteiger partial charge in [-0.1, -0.05) is 40.2 Å². The predicted octanol–water partition coefficient (Wildman–Crippen LogP) is 4.51. The largest absolute Gasteiger partial charge is 0.493 e. The summed E-state index contributed by atoms with van der Waals surface area (Å²) in [6.45, 7) is 2.56. The molecule has 5 heteroatoms. The highest BCUT2D eigenvalue weighted by molar-refractivity contribution is 9.10. The van der Waals surface area contributed by atoms with Crippen LogP contribution in [0, 0.1) is 6.92 Å². The number of nitrogens with one attached hydrogen (secondary N) is 1. The van der Waals surface area contributed by atoms with Crippen molar-refractivity contribution >= 4 is 39.3 Å². The summed E-state index contributed by atoms with van der Waals surface area (Å²) >= 11 is 4.96. The zero-order valence-electron chi connectivity index (χ0n) is 12.3. The molecule has 0 aromatic heterocycles. The van der Waals surface area contributed by atoms with Gasteiger partial charge in [-0.25, -0.2) is 0 Å². The number of carbonyl (C=O) groups is 1. The van der Waals surface area contributed by atoms with Crippen molar-refractivity contribution in [3.05, 3.63) is 58.6 Å². The van der Waals surface area contributed by atoms with E-state index in [1.165, 1.54) is 0 Å². The van der Waals surface area contributed by atoms with Gasteiger partial charge in [-0.05, 0) is 36.8 Å². The molecule has 3 nitrogen and oxygen atoms in total. The summed E-state index contributed by atoms with van der Waals surface area (Å²) in [6, 6.07) is 15.5. The van der Waals surface area contributed by atoms with Crippen LogP contribution in [0.4, 0.5) is 5.69 Å². The Morgan fingerprint density at radius 3 is 2.82 bits per heavy atom. The minimum absolute atomic E-state index is 0.0155. The molecule has 0 heterocycles. The Bertz CT molecular complexity index is 634. The summed E-state index contributed by atoms with van der Waals surface area (Å²) in [7, 11) is 0. The first-order valence-corrected chi connectivity index (χ1v) is 8.91. The van der Waals surface area contributed by atoms with Crippen molar-refractivity contribution < 1.29 is 9.53 Å². The zero-order valence-corrected chi connectivity index (χ0v) is 14.7. The minimum atomic E-state index is 0.0155. The first kappa shape index (κ1) is 16.9. The third kappa shape index (κ3) is 5.73. The van der Waals surface area contributed by atoms with Crippen molar-refractivity contribution in [1.29, 1.82) is 0 Å². The van der Waals surface area contributed by atoms with Gasteiger partial charge in [0.2, 0.25) is 5.91 Å². The standard InChI is InChI=1S/C17H18BrNO2S/c1-13-5-2-3-8-16(13)19-17(20)12-22-10-9-21-15-7-4-6-14(18)11-15/h2-8,11H,9-10,12H2,1H3,(H,19,20). The quantitative estimate of drug-likeness (QED) is 0.719. The average Bonchev–Trinajstić information content (AvgIpc) is 2.49. The highest BCUT2D eigenvalue weighted by atomic mass is 79.9. The molecule has 0 unspecified atom stereocenters. The topological polar surface area (TPSA) is 38.3 Å². The number of ether oxygens (including phenoxy) is 1. The molecule has 0 aliphatic heterocycles. The van der Waals surface area contributed by atoms with Crippen LogP contribution in [-0.4, -0.2) is 24.0 Å². The Labute approximate surface area is 143 Å². The molecule has 0 aliphatic rings. The van der Waals surface area contributed by atoms with E-state index in [1.54, 1.807) is 11.8 Å². The zero-order chi connectivity index (χ0) is 15.8. The maximum absolute atomic E-state index is 11.9. The SMILES string of the molecule is Cc1ccccc1NC(=O)CSCCOc1cccc(Br)c1. The maximum atomic E-state index is 11.9. The maximum Gasteiger partial charge on any atom is 0.234 e. The number of hydrogen-bond donors (Lipinski definition) is 1. The summed E-state index contributed by atoms with van der Waals surface area (Å²) < 4.78 is 6.62. The van der Waals surface area contributed by atoms with E-state index in [9.17, 15) is 4.79 Å². The number of benzene rings is 2. The number of aryl methyl sites for hydroxylation is 1. The lowest BCUT2D eigenvalue weighted by molar-refractivity contribution is -0.113. The molecular formula is C17H18BrNO2S. The monoisotopic (exact) mass is 379 g/mol. The lowest BCUT2D eigenvalue weighted by Gasteiger charge is -2.08. The van der Waals surface area contributed by atoms with Crippen LogP contribution < -0.4 is 10.1 Å². The van der Waals surface area contributed by atoms with Gasteiger partial charge in [0.15, 0.2) is 0 Å². The van der Waals surface area contributed by atoms with Crippen molar-refractivity contribution in [2.45, 2.75) is 6.92 Å². The van der Waals surface area contributed by atoms with E-state index in [4.69, 9.17) is 4.74 Å². The number of rotatable bonds is 7. The third-order valence-corrected chi connectivity index (χ3v) is 4.36. The second-order valence-electron chi connectivity index (χ2n) is 4.72. The first-order valence-electron chi connectivity index (χ1n) is 6.97. The van der Waals surface area contributed by atoms with Crippen LogP contribution in [0.25, 0.3) is 0 Å². The number of anilines is 1. The molecule has 0 radical (unpaired) electrons. The van der Waals surface area contributed by atoms with Crippen LogP contribution in [0.5, 0.6) is 5.75 Å². The predicted molar refractivity (Wildman–Crippen MR) is 96.8 cm³/mol.